The van der Waals surface area contributed by atoms with E-state index < -0.39 is 22.7 Å². The van der Waals surface area contributed by atoms with E-state index in [1.807, 2.05) is 0 Å². The number of ether oxygens (including phenoxy) is 2. The number of carbonyl (C=O) groups excluding carboxylic acids is 3. The van der Waals surface area contributed by atoms with E-state index in [2.05, 4.69) is 10.6 Å². The van der Waals surface area contributed by atoms with Crippen LogP contribution in [0.1, 0.15) is 42.9 Å². The minimum atomic E-state index is -0.685. The van der Waals surface area contributed by atoms with Gasteiger partial charge < -0.3 is 20.1 Å². The Hall–Kier alpha value is -4.25. The van der Waals surface area contributed by atoms with Crippen molar-refractivity contribution in [3.63, 3.8) is 0 Å². The number of nitro groups is 1. The van der Waals surface area contributed by atoms with E-state index in [-0.39, 0.29) is 33.4 Å². The number of nitrogens with one attached hydrogen (secondary N) is 2. The number of hydrogen-bond donors (Lipinski definition) is 2. The van der Waals surface area contributed by atoms with Crippen molar-refractivity contribution in [2.24, 2.45) is 0 Å². The molecule has 34 heavy (non-hydrogen) atoms. The van der Waals surface area contributed by atoms with Crippen LogP contribution in [0.2, 0.25) is 0 Å². The van der Waals surface area contributed by atoms with Crippen molar-refractivity contribution in [1.29, 1.82) is 0 Å². The van der Waals surface area contributed by atoms with Gasteiger partial charge in [0.15, 0.2) is 0 Å². The zero-order valence-corrected chi connectivity index (χ0v) is 19.4. The Balaban J connectivity index is 1.92. The molecule has 3 aromatic rings. The fourth-order valence-corrected chi connectivity index (χ4v) is 4.16. The highest BCUT2D eigenvalue weighted by atomic mass is 32.1. The Morgan fingerprint density at radius 2 is 1.76 bits per heavy atom. The minimum Gasteiger partial charge on any atom is -0.497 e. The van der Waals surface area contributed by atoms with Crippen LogP contribution in [0.5, 0.6) is 5.75 Å². The monoisotopic (exact) mass is 483 g/mol. The van der Waals surface area contributed by atoms with Gasteiger partial charge >= 0.3 is 5.97 Å². The quantitative estimate of drug-likeness (QED) is 0.270. The van der Waals surface area contributed by atoms with Crippen LogP contribution in [0.3, 0.4) is 0 Å². The molecule has 0 aliphatic rings. The Kier molecular flexibility index (Phi) is 7.59. The maximum atomic E-state index is 12.9. The first-order chi connectivity index (χ1) is 16.2. The Bertz CT molecular complexity index is 1250. The average molecular weight is 484 g/mol. The molecule has 1 heterocycles. The van der Waals surface area contributed by atoms with Crippen molar-refractivity contribution in [1.82, 2.24) is 0 Å². The van der Waals surface area contributed by atoms with E-state index in [0.717, 1.165) is 11.3 Å². The van der Waals surface area contributed by atoms with E-state index in [4.69, 9.17) is 9.47 Å². The molecule has 1 aromatic heterocycles. The summed E-state index contributed by atoms with van der Waals surface area (Å²) in [5, 5.41) is 16.4. The van der Waals surface area contributed by atoms with Gasteiger partial charge in [0, 0.05) is 23.4 Å². The van der Waals surface area contributed by atoms with Crippen LogP contribution in [-0.2, 0) is 4.74 Å². The van der Waals surface area contributed by atoms with Crippen molar-refractivity contribution in [3.05, 3.63) is 80.2 Å². The molecule has 0 unspecified atom stereocenters. The number of non-ortho nitro benzene ring substituents is 1. The standard InChI is InChI=1S/C23H21N3O7S/c1-4-33-23(29)18-13(2)19(21(28)24-15-6-5-7-16(12-15)26(30)31)34-22(18)25-20(27)14-8-10-17(32-3)11-9-14/h5-12H,4H2,1-3H3,(H,24,28)(H,25,27). The molecule has 11 heteroatoms. The molecule has 0 aliphatic heterocycles. The first kappa shape index (κ1) is 24.4. The fraction of sp³-hybridized carbons (Fsp3) is 0.174. The van der Waals surface area contributed by atoms with Crippen LogP contribution in [0, 0.1) is 17.0 Å². The molecule has 0 radical (unpaired) electrons. The SMILES string of the molecule is CCOC(=O)c1c(NC(=O)c2ccc(OC)cc2)sc(C(=O)Nc2cccc([N+](=O)[O-])c2)c1C. The second-order valence-electron chi connectivity index (χ2n) is 6.92. The first-order valence-electron chi connectivity index (χ1n) is 10.1. The van der Waals surface area contributed by atoms with Crippen LogP contribution < -0.4 is 15.4 Å². The van der Waals surface area contributed by atoms with Gasteiger partial charge in [-0.2, -0.15) is 0 Å². The van der Waals surface area contributed by atoms with Gasteiger partial charge in [-0.15, -0.1) is 11.3 Å². The third kappa shape index (κ3) is 5.38. The molecule has 0 saturated carbocycles. The zero-order valence-electron chi connectivity index (χ0n) is 18.5. The first-order valence-corrected chi connectivity index (χ1v) is 10.9. The van der Waals surface area contributed by atoms with E-state index in [1.54, 1.807) is 38.1 Å². The van der Waals surface area contributed by atoms with Crippen LogP contribution >= 0.6 is 11.3 Å². The topological polar surface area (TPSA) is 137 Å². The molecule has 0 spiro atoms. The van der Waals surface area contributed by atoms with E-state index in [9.17, 15) is 24.5 Å². The maximum Gasteiger partial charge on any atom is 0.341 e. The predicted octanol–water partition coefficient (Wildman–Crippen LogP) is 4.65. The van der Waals surface area contributed by atoms with Gasteiger partial charge in [0.25, 0.3) is 17.5 Å². The fourth-order valence-electron chi connectivity index (χ4n) is 3.07. The molecule has 0 atom stereocenters. The van der Waals surface area contributed by atoms with Gasteiger partial charge in [-0.25, -0.2) is 4.79 Å². The number of rotatable bonds is 8. The van der Waals surface area contributed by atoms with Crippen LogP contribution in [0.15, 0.2) is 48.5 Å². The highest BCUT2D eigenvalue weighted by Gasteiger charge is 2.27. The number of amides is 2. The Labute approximate surface area is 198 Å². The zero-order chi connectivity index (χ0) is 24.8. The number of anilines is 2. The molecular formula is C23H21N3O7S. The van der Waals surface area contributed by atoms with Crippen molar-refractivity contribution < 1.29 is 28.8 Å². The number of carbonyl (C=O) groups is 3. The number of esters is 1. The molecular weight excluding hydrogens is 462 g/mol. The summed E-state index contributed by atoms with van der Waals surface area (Å²) in [5.74, 6) is -1.18. The highest BCUT2D eigenvalue weighted by molar-refractivity contribution is 7.19. The molecule has 176 valence electrons. The third-order valence-electron chi connectivity index (χ3n) is 4.73. The number of nitrogens with zero attached hydrogens (tertiary/aromatic N) is 1. The van der Waals surface area contributed by atoms with Gasteiger partial charge in [0.2, 0.25) is 0 Å². The molecule has 0 aliphatic carbocycles. The molecule has 2 aromatic carbocycles. The maximum absolute atomic E-state index is 12.9. The lowest BCUT2D eigenvalue weighted by atomic mass is 10.1. The molecule has 2 amide bonds. The van der Waals surface area contributed by atoms with Crippen molar-refractivity contribution >= 4 is 45.5 Å². The third-order valence-corrected chi connectivity index (χ3v) is 5.93. The lowest BCUT2D eigenvalue weighted by Gasteiger charge is -2.07. The van der Waals surface area contributed by atoms with Gasteiger partial charge in [0.05, 0.1) is 29.1 Å². The van der Waals surface area contributed by atoms with Crippen molar-refractivity contribution in [2.45, 2.75) is 13.8 Å². The average Bonchev–Trinajstić information content (AvgIpc) is 3.15. The second kappa shape index (κ2) is 10.6. The number of benzene rings is 2. The minimum absolute atomic E-state index is 0.0675. The van der Waals surface area contributed by atoms with Crippen LogP contribution in [-0.4, -0.2) is 36.4 Å². The van der Waals surface area contributed by atoms with Gasteiger partial charge in [-0.05, 0) is 49.7 Å². The Morgan fingerprint density at radius 3 is 2.38 bits per heavy atom. The lowest BCUT2D eigenvalue weighted by molar-refractivity contribution is -0.384. The van der Waals surface area contributed by atoms with E-state index in [0.29, 0.717) is 16.9 Å². The summed E-state index contributed by atoms with van der Waals surface area (Å²) >= 11 is 0.905. The van der Waals surface area contributed by atoms with Gasteiger partial charge in [0.1, 0.15) is 10.8 Å². The molecule has 3 rings (SSSR count). The number of hydrogen-bond acceptors (Lipinski definition) is 8. The molecule has 0 saturated heterocycles. The summed E-state index contributed by atoms with van der Waals surface area (Å²) in [6.07, 6.45) is 0. The summed E-state index contributed by atoms with van der Waals surface area (Å²) in [6.45, 7) is 3.31. The van der Waals surface area contributed by atoms with Crippen LogP contribution in [0.25, 0.3) is 0 Å². The smallest absolute Gasteiger partial charge is 0.341 e. The van der Waals surface area contributed by atoms with Gasteiger partial charge in [-0.3, -0.25) is 19.7 Å². The number of nitro benzene ring substituents is 1. The lowest BCUT2D eigenvalue weighted by Crippen LogP contribution is -2.15. The van der Waals surface area contributed by atoms with Crippen molar-refractivity contribution in [2.75, 3.05) is 24.4 Å². The molecule has 0 bridgehead atoms. The van der Waals surface area contributed by atoms with E-state index in [1.165, 1.54) is 31.4 Å². The van der Waals surface area contributed by atoms with Crippen LogP contribution in [0.4, 0.5) is 16.4 Å². The highest BCUT2D eigenvalue weighted by Crippen LogP contribution is 2.35. The summed E-state index contributed by atoms with van der Waals surface area (Å²) < 4.78 is 10.2. The predicted molar refractivity (Wildman–Crippen MR) is 127 cm³/mol. The van der Waals surface area contributed by atoms with Gasteiger partial charge in [-0.1, -0.05) is 6.07 Å². The number of methoxy groups -OCH3 is 1. The number of thiophene rings is 1. The summed E-state index contributed by atoms with van der Waals surface area (Å²) in [5.41, 5.74) is 0.743. The van der Waals surface area contributed by atoms with Crippen molar-refractivity contribution in [3.8, 4) is 5.75 Å². The normalized spacial score (nSPS) is 10.3. The largest absolute Gasteiger partial charge is 0.497 e. The van der Waals surface area contributed by atoms with E-state index >= 15 is 0 Å². The second-order valence-corrected chi connectivity index (χ2v) is 7.95. The summed E-state index contributed by atoms with van der Waals surface area (Å²) in [4.78, 5) is 48.9. The molecule has 0 fully saturated rings. The summed E-state index contributed by atoms with van der Waals surface area (Å²) in [6, 6.07) is 11.9. The summed E-state index contributed by atoms with van der Waals surface area (Å²) in [7, 11) is 1.51. The molecule has 2 N–H and O–H groups in total. The molecule has 10 nitrogen and oxygen atoms in total. The Morgan fingerprint density at radius 1 is 1.06 bits per heavy atom.